The van der Waals surface area contributed by atoms with E-state index in [4.69, 9.17) is 16.5 Å². The van der Waals surface area contributed by atoms with Crippen molar-refractivity contribution in [2.75, 3.05) is 0 Å². The van der Waals surface area contributed by atoms with Gasteiger partial charge in [0.25, 0.3) is 0 Å². The first-order chi connectivity index (χ1) is 35.6. The quantitative estimate of drug-likeness (QED) is 0.143. The summed E-state index contributed by atoms with van der Waals surface area (Å²) in [5, 5.41) is 14.7. The average Bonchev–Trinajstić information content (AvgIpc) is 3.97. The second-order valence-electron chi connectivity index (χ2n) is 17.9. The molecule has 72 heavy (non-hydrogen) atoms. The molecular weight excluding hydrogens is 877 g/mol. The predicted molar refractivity (Wildman–Crippen MR) is 294 cm³/mol. The molecule has 0 saturated heterocycles. The fourth-order valence-electron chi connectivity index (χ4n) is 10.5. The largest absolute Gasteiger partial charge is 0.309 e. The van der Waals surface area contributed by atoms with Crippen LogP contribution in [-0.2, 0) is 0 Å². The lowest BCUT2D eigenvalue weighted by Crippen LogP contribution is -2.03. The molecule has 13 aromatic rings. The van der Waals surface area contributed by atoms with Gasteiger partial charge in [-0.05, 0) is 95.1 Å². The molecule has 0 aliphatic heterocycles. The normalized spacial score (nSPS) is 11.3. The molecular formula is C66H40N6. The van der Waals surface area contributed by atoms with Crippen molar-refractivity contribution in [2.24, 2.45) is 0 Å². The first-order valence-electron chi connectivity index (χ1n) is 23.9. The van der Waals surface area contributed by atoms with E-state index in [0.717, 1.165) is 106 Å². The Morgan fingerprint density at radius 2 is 0.833 bits per heavy atom. The van der Waals surface area contributed by atoms with Gasteiger partial charge in [0.2, 0.25) is 0 Å². The third kappa shape index (κ3) is 7.02. The maximum Gasteiger partial charge on any atom is 0.194 e. The van der Waals surface area contributed by atoms with Gasteiger partial charge in [0.05, 0.1) is 63.0 Å². The van der Waals surface area contributed by atoms with Crippen molar-refractivity contribution in [2.45, 2.75) is 0 Å². The second kappa shape index (κ2) is 17.4. The third-order valence-corrected chi connectivity index (χ3v) is 13.8. The maximum absolute atomic E-state index is 10.2. The summed E-state index contributed by atoms with van der Waals surface area (Å²) in [4.78, 5) is 14.5. The topological polar surface area (TPSA) is 63.8 Å². The first kappa shape index (κ1) is 42.0. The van der Waals surface area contributed by atoms with Crippen LogP contribution in [0.1, 0.15) is 5.56 Å². The fraction of sp³-hybridized carbons (Fsp3) is 0. The summed E-state index contributed by atoms with van der Waals surface area (Å²) in [7, 11) is 0. The molecule has 6 nitrogen and oxygen atoms in total. The van der Waals surface area contributed by atoms with Crippen molar-refractivity contribution >= 4 is 49.3 Å². The van der Waals surface area contributed by atoms with Crippen LogP contribution in [0.5, 0.6) is 0 Å². The lowest BCUT2D eigenvalue weighted by molar-refractivity contribution is 1.15. The van der Waals surface area contributed by atoms with Crippen LogP contribution in [0.15, 0.2) is 243 Å². The maximum atomic E-state index is 10.2. The number of fused-ring (bicyclic) bond motifs is 6. The zero-order valence-electron chi connectivity index (χ0n) is 38.8. The van der Waals surface area contributed by atoms with Crippen molar-refractivity contribution in [3.8, 4) is 84.7 Å². The van der Waals surface area contributed by atoms with E-state index in [-0.39, 0.29) is 0 Å². The van der Waals surface area contributed by atoms with Gasteiger partial charge in [-0.3, -0.25) is 0 Å². The highest BCUT2D eigenvalue weighted by molar-refractivity contribution is 6.13. The summed E-state index contributed by atoms with van der Waals surface area (Å²) in [5.41, 5.74) is 17.6. The van der Waals surface area contributed by atoms with Crippen LogP contribution in [0.25, 0.3) is 127 Å². The van der Waals surface area contributed by atoms with Crippen molar-refractivity contribution in [3.63, 3.8) is 0 Å². The summed E-state index contributed by atoms with van der Waals surface area (Å²) in [6, 6.07) is 86.2. The van der Waals surface area contributed by atoms with Crippen molar-refractivity contribution in [3.05, 3.63) is 260 Å². The van der Waals surface area contributed by atoms with E-state index in [1.165, 1.54) is 10.8 Å². The zero-order chi connectivity index (χ0) is 48.1. The van der Waals surface area contributed by atoms with Crippen LogP contribution in [0.3, 0.4) is 0 Å². The van der Waals surface area contributed by atoms with Crippen LogP contribution < -0.4 is 0 Å². The van der Waals surface area contributed by atoms with Crippen LogP contribution in [-0.4, -0.2) is 19.1 Å². The number of nitriles is 1. The number of rotatable bonds is 8. The summed E-state index contributed by atoms with van der Waals surface area (Å²) in [6.07, 6.45) is 0. The molecule has 0 aliphatic carbocycles. The molecule has 0 aliphatic rings. The molecule has 10 aromatic carbocycles. The average molecular weight is 917 g/mol. The van der Waals surface area contributed by atoms with Gasteiger partial charge in [-0.15, -0.1) is 0 Å². The Bertz CT molecular complexity index is 4130. The van der Waals surface area contributed by atoms with Crippen molar-refractivity contribution in [1.29, 1.82) is 5.26 Å². The Kier molecular flexibility index (Phi) is 10.2. The van der Waals surface area contributed by atoms with Gasteiger partial charge in [-0.1, -0.05) is 170 Å². The monoisotopic (exact) mass is 916 g/mol. The predicted octanol–water partition coefficient (Wildman–Crippen LogP) is 17.1. The van der Waals surface area contributed by atoms with Gasteiger partial charge in [-0.2, -0.15) is 5.26 Å². The summed E-state index contributed by atoms with van der Waals surface area (Å²) < 4.78 is 4.76. The third-order valence-electron chi connectivity index (χ3n) is 13.8. The van der Waals surface area contributed by atoms with Gasteiger partial charge in [0.1, 0.15) is 0 Å². The highest BCUT2D eigenvalue weighted by Gasteiger charge is 2.23. The van der Waals surface area contributed by atoms with Gasteiger partial charge in [0.15, 0.2) is 11.5 Å². The summed E-state index contributed by atoms with van der Waals surface area (Å²) >= 11 is 0. The molecule has 0 N–H and O–H groups in total. The van der Waals surface area contributed by atoms with E-state index < -0.39 is 0 Å². The molecule has 0 saturated carbocycles. The molecule has 0 atom stereocenters. The number of para-hydroxylation sites is 4. The van der Waals surface area contributed by atoms with E-state index in [0.29, 0.717) is 17.1 Å². The molecule has 334 valence electrons. The van der Waals surface area contributed by atoms with E-state index in [2.05, 4.69) is 178 Å². The van der Waals surface area contributed by atoms with Crippen LogP contribution in [0, 0.1) is 17.9 Å². The molecule has 3 aromatic heterocycles. The number of aromatic nitrogens is 4. The highest BCUT2D eigenvalue weighted by Crippen LogP contribution is 2.44. The Balaban J connectivity index is 1.12. The molecule has 0 radical (unpaired) electrons. The SMILES string of the molecule is [C-]#[N+]c1ccccc1-c1ccc2c(c1)c1cc(-c3ccccc3C#N)ccc1n2-c1ccc(-c2nc(-c3ccccc3)cc(-c3ccccc3)n2)cc1-c1ccccc1-n1c2ccccc2c2ccccc21. The number of hydrogen-bond donors (Lipinski definition) is 0. The Hall–Kier alpha value is -10.1. The minimum atomic E-state index is 0.595. The fourth-order valence-corrected chi connectivity index (χ4v) is 10.5. The van der Waals surface area contributed by atoms with Gasteiger partial charge < -0.3 is 9.13 Å². The molecule has 0 fully saturated rings. The van der Waals surface area contributed by atoms with E-state index in [1.54, 1.807) is 0 Å². The molecule has 6 heteroatoms. The number of hydrogen-bond acceptors (Lipinski definition) is 3. The number of nitrogens with zero attached hydrogens (tertiary/aromatic N) is 6. The van der Waals surface area contributed by atoms with Crippen molar-refractivity contribution < 1.29 is 0 Å². The minimum absolute atomic E-state index is 0.595. The van der Waals surface area contributed by atoms with E-state index >= 15 is 0 Å². The molecule has 13 rings (SSSR count). The van der Waals surface area contributed by atoms with Gasteiger partial charge in [0, 0.05) is 49.4 Å². The van der Waals surface area contributed by atoms with Gasteiger partial charge >= 0.3 is 0 Å². The molecule has 0 spiro atoms. The molecule has 3 heterocycles. The Morgan fingerprint density at radius 1 is 0.361 bits per heavy atom. The number of benzene rings is 10. The van der Waals surface area contributed by atoms with E-state index in [1.807, 2.05) is 84.9 Å². The van der Waals surface area contributed by atoms with E-state index in [9.17, 15) is 5.26 Å². The molecule has 0 amide bonds. The van der Waals surface area contributed by atoms with Gasteiger partial charge in [-0.25, -0.2) is 14.8 Å². The van der Waals surface area contributed by atoms with Crippen LogP contribution in [0.4, 0.5) is 5.69 Å². The smallest absolute Gasteiger partial charge is 0.194 e. The molecule has 0 unspecified atom stereocenters. The lowest BCUT2D eigenvalue weighted by Gasteiger charge is -2.20. The zero-order valence-corrected chi connectivity index (χ0v) is 38.8. The van der Waals surface area contributed by atoms with Crippen LogP contribution >= 0.6 is 0 Å². The Labute approximate surface area is 416 Å². The first-order valence-corrected chi connectivity index (χ1v) is 23.9. The van der Waals surface area contributed by atoms with Crippen LogP contribution in [0.2, 0.25) is 0 Å². The minimum Gasteiger partial charge on any atom is -0.309 e. The molecule has 0 bridgehead atoms. The standard InChI is InChI=1S/C66H40N6/c1-68-57-28-14-10-24-50(57)46-33-36-65-56(39-46)55-38-45(49-23-9-8-22-48(49)42-67)32-35-64(55)72(65)63-37-34-47(66-69-58(43-18-4-2-5-19-43)41-59(70-66)44-20-6-3-7-21-44)40-54(63)53-27-13-17-31-62(53)71-60-29-15-11-25-51(60)52-26-12-16-30-61(52)71/h2-41H. The lowest BCUT2D eigenvalue weighted by atomic mass is 9.97. The summed E-state index contributed by atoms with van der Waals surface area (Å²) in [6.45, 7) is 8.04. The summed E-state index contributed by atoms with van der Waals surface area (Å²) in [5.74, 6) is 0.614. The highest BCUT2D eigenvalue weighted by atomic mass is 15.0. The Morgan fingerprint density at radius 3 is 1.44 bits per heavy atom. The second-order valence-corrected chi connectivity index (χ2v) is 17.9. The van der Waals surface area contributed by atoms with Crippen molar-refractivity contribution in [1.82, 2.24) is 19.1 Å².